The highest BCUT2D eigenvalue weighted by Gasteiger charge is 2.18. The molecule has 0 bridgehead atoms. The number of allylic oxidation sites excluding steroid dienone is 4. The molecule has 0 saturated carbocycles. The first-order valence-electron chi connectivity index (χ1n) is 5.94. The average Bonchev–Trinajstić information content (AvgIpc) is 2.29. The minimum absolute atomic E-state index is 0.0993. The Labute approximate surface area is 103 Å². The van der Waals surface area contributed by atoms with Crippen LogP contribution in [-0.2, 0) is 4.79 Å². The molecule has 0 fully saturated rings. The molecule has 0 aromatic rings. The number of rotatable bonds is 5. The predicted molar refractivity (Wildman–Crippen MR) is 70.7 cm³/mol. The van der Waals surface area contributed by atoms with Gasteiger partial charge in [-0.3, -0.25) is 4.79 Å². The molecular weight excluding hydrogens is 212 g/mol. The van der Waals surface area contributed by atoms with Crippen molar-refractivity contribution in [3.05, 3.63) is 48.1 Å². The fourth-order valence-electron chi connectivity index (χ4n) is 2.08. The molecule has 0 aromatic heterocycles. The maximum atomic E-state index is 11.1. The first-order chi connectivity index (χ1) is 8.08. The molecule has 2 nitrogen and oxygen atoms in total. The van der Waals surface area contributed by atoms with Crippen LogP contribution in [0, 0.1) is 0 Å². The van der Waals surface area contributed by atoms with Crippen LogP contribution in [0.3, 0.4) is 0 Å². The van der Waals surface area contributed by atoms with Crippen LogP contribution in [0.15, 0.2) is 48.1 Å². The summed E-state index contributed by atoms with van der Waals surface area (Å²) in [4.78, 5) is 11.1. The summed E-state index contributed by atoms with van der Waals surface area (Å²) >= 11 is 0. The van der Waals surface area contributed by atoms with Gasteiger partial charge >= 0.3 is 0 Å². The highest BCUT2D eigenvalue weighted by molar-refractivity contribution is 5.79. The van der Waals surface area contributed by atoms with E-state index in [1.807, 2.05) is 6.08 Å². The molecule has 1 aliphatic carbocycles. The minimum Gasteiger partial charge on any atom is -0.388 e. The lowest BCUT2D eigenvalue weighted by Crippen LogP contribution is -2.15. The smallest absolute Gasteiger partial charge is 0.134 e. The van der Waals surface area contributed by atoms with Crippen molar-refractivity contribution in [2.75, 3.05) is 0 Å². The van der Waals surface area contributed by atoms with Gasteiger partial charge in [-0.25, -0.2) is 0 Å². The molecule has 2 heteroatoms. The number of ketones is 1. The van der Waals surface area contributed by atoms with Crippen LogP contribution >= 0.6 is 0 Å². The third-order valence-corrected chi connectivity index (χ3v) is 2.96. The fraction of sp³-hybridized carbons (Fsp3) is 0.400. The van der Waals surface area contributed by atoms with Gasteiger partial charge in [-0.2, -0.15) is 0 Å². The van der Waals surface area contributed by atoms with Gasteiger partial charge in [-0.1, -0.05) is 31.4 Å². The molecule has 0 aromatic carbocycles. The summed E-state index contributed by atoms with van der Waals surface area (Å²) < 4.78 is 0. The Morgan fingerprint density at radius 2 is 2.24 bits per heavy atom. The number of aliphatic hydroxyl groups is 1. The minimum atomic E-state index is -0.446. The van der Waals surface area contributed by atoms with E-state index in [-0.39, 0.29) is 5.78 Å². The number of hydrogen-bond donors (Lipinski definition) is 1. The topological polar surface area (TPSA) is 37.3 Å². The van der Waals surface area contributed by atoms with Crippen LogP contribution in [-0.4, -0.2) is 17.0 Å². The van der Waals surface area contributed by atoms with Crippen molar-refractivity contribution in [2.45, 2.75) is 38.7 Å². The SMILES string of the molecule is C=CC1=C(/C=C(\C=C)CC(C)=O)C(O)CCC1. The van der Waals surface area contributed by atoms with Gasteiger partial charge in [0.2, 0.25) is 0 Å². The zero-order valence-electron chi connectivity index (χ0n) is 10.4. The van der Waals surface area contributed by atoms with Crippen LogP contribution < -0.4 is 0 Å². The van der Waals surface area contributed by atoms with E-state index < -0.39 is 6.10 Å². The molecule has 1 unspecified atom stereocenters. The Bertz CT molecular complexity index is 386. The third kappa shape index (κ3) is 3.82. The van der Waals surface area contributed by atoms with Crippen LogP contribution in [0.4, 0.5) is 0 Å². The normalized spacial score (nSPS) is 21.3. The van der Waals surface area contributed by atoms with E-state index in [0.717, 1.165) is 36.0 Å². The van der Waals surface area contributed by atoms with Gasteiger partial charge in [0, 0.05) is 6.42 Å². The van der Waals surface area contributed by atoms with Crippen molar-refractivity contribution in [3.63, 3.8) is 0 Å². The summed E-state index contributed by atoms with van der Waals surface area (Å²) in [5.74, 6) is 0.0993. The van der Waals surface area contributed by atoms with Crippen molar-refractivity contribution >= 4 is 5.78 Å². The quantitative estimate of drug-likeness (QED) is 0.739. The molecule has 1 N–H and O–H groups in total. The van der Waals surface area contributed by atoms with Crippen molar-refractivity contribution in [1.82, 2.24) is 0 Å². The maximum absolute atomic E-state index is 11.1. The summed E-state index contributed by atoms with van der Waals surface area (Å²) in [6, 6.07) is 0. The van der Waals surface area contributed by atoms with Gasteiger partial charge in [0.15, 0.2) is 0 Å². The van der Waals surface area contributed by atoms with Crippen LogP contribution in [0.5, 0.6) is 0 Å². The van der Waals surface area contributed by atoms with E-state index in [9.17, 15) is 9.90 Å². The summed E-state index contributed by atoms with van der Waals surface area (Å²) in [7, 11) is 0. The maximum Gasteiger partial charge on any atom is 0.134 e. The Morgan fingerprint density at radius 3 is 2.76 bits per heavy atom. The van der Waals surface area contributed by atoms with Crippen LogP contribution in [0.2, 0.25) is 0 Å². The van der Waals surface area contributed by atoms with E-state index in [2.05, 4.69) is 13.2 Å². The lowest BCUT2D eigenvalue weighted by Gasteiger charge is -2.22. The Hall–Kier alpha value is -1.41. The standard InChI is InChI=1S/C15H20O2/c1-4-12(9-11(3)16)10-14-13(5-2)7-6-8-15(14)17/h4-5,10,15,17H,1-2,6-9H2,3H3/b12-10+. The molecule has 0 heterocycles. The van der Waals surface area contributed by atoms with Gasteiger partial charge < -0.3 is 5.11 Å². The highest BCUT2D eigenvalue weighted by Crippen LogP contribution is 2.28. The van der Waals surface area contributed by atoms with Gasteiger partial charge in [-0.05, 0) is 42.9 Å². The highest BCUT2D eigenvalue weighted by atomic mass is 16.3. The monoisotopic (exact) mass is 232 g/mol. The zero-order valence-corrected chi connectivity index (χ0v) is 10.4. The molecule has 17 heavy (non-hydrogen) atoms. The largest absolute Gasteiger partial charge is 0.388 e. The Kier molecular flexibility index (Phi) is 5.11. The number of Topliss-reactive ketones (excluding diaryl/α,β-unsaturated/α-hetero) is 1. The first-order valence-corrected chi connectivity index (χ1v) is 5.94. The summed E-state index contributed by atoms with van der Waals surface area (Å²) in [5, 5.41) is 9.98. The third-order valence-electron chi connectivity index (χ3n) is 2.96. The number of aliphatic hydroxyl groups excluding tert-OH is 1. The summed E-state index contributed by atoms with van der Waals surface area (Å²) in [5.41, 5.74) is 2.82. The molecule has 92 valence electrons. The molecule has 1 aliphatic rings. The van der Waals surface area contributed by atoms with Crippen LogP contribution in [0.1, 0.15) is 32.6 Å². The lowest BCUT2D eigenvalue weighted by molar-refractivity contribution is -0.116. The predicted octanol–water partition coefficient (Wildman–Crippen LogP) is 3.11. The number of carbonyl (C=O) groups excluding carboxylic acids is 1. The molecule has 0 aliphatic heterocycles. The number of carbonyl (C=O) groups is 1. The van der Waals surface area contributed by atoms with E-state index in [1.165, 1.54) is 0 Å². The van der Waals surface area contributed by atoms with E-state index in [1.54, 1.807) is 19.1 Å². The molecule has 0 spiro atoms. The molecular formula is C15H20O2. The van der Waals surface area contributed by atoms with Crippen molar-refractivity contribution in [3.8, 4) is 0 Å². The second-order valence-electron chi connectivity index (χ2n) is 4.39. The second kappa shape index (κ2) is 6.36. The van der Waals surface area contributed by atoms with E-state index in [0.29, 0.717) is 6.42 Å². The molecule has 1 atom stereocenters. The fourth-order valence-corrected chi connectivity index (χ4v) is 2.08. The summed E-state index contributed by atoms with van der Waals surface area (Å²) in [6.45, 7) is 9.03. The number of hydrogen-bond acceptors (Lipinski definition) is 2. The van der Waals surface area contributed by atoms with E-state index in [4.69, 9.17) is 0 Å². The van der Waals surface area contributed by atoms with Gasteiger partial charge in [0.25, 0.3) is 0 Å². The van der Waals surface area contributed by atoms with E-state index >= 15 is 0 Å². The Balaban J connectivity index is 3.05. The van der Waals surface area contributed by atoms with Crippen molar-refractivity contribution in [1.29, 1.82) is 0 Å². The summed E-state index contributed by atoms with van der Waals surface area (Å²) in [6.07, 6.45) is 7.97. The van der Waals surface area contributed by atoms with Gasteiger partial charge in [0.1, 0.15) is 5.78 Å². The Morgan fingerprint density at radius 1 is 1.53 bits per heavy atom. The first kappa shape index (κ1) is 13.7. The molecule has 1 rings (SSSR count). The van der Waals surface area contributed by atoms with Gasteiger partial charge in [-0.15, -0.1) is 0 Å². The molecule has 0 radical (unpaired) electrons. The second-order valence-corrected chi connectivity index (χ2v) is 4.39. The van der Waals surface area contributed by atoms with Gasteiger partial charge in [0.05, 0.1) is 6.10 Å². The lowest BCUT2D eigenvalue weighted by atomic mass is 9.87. The van der Waals surface area contributed by atoms with Crippen LogP contribution in [0.25, 0.3) is 0 Å². The molecule has 0 saturated heterocycles. The van der Waals surface area contributed by atoms with Crippen molar-refractivity contribution in [2.24, 2.45) is 0 Å². The van der Waals surface area contributed by atoms with Crippen molar-refractivity contribution < 1.29 is 9.90 Å². The molecule has 0 amide bonds. The average molecular weight is 232 g/mol. The zero-order chi connectivity index (χ0) is 12.8.